The molecule has 2 rings (SSSR count). The molecule has 1 fully saturated rings. The van der Waals surface area contributed by atoms with E-state index in [1.54, 1.807) is 16.7 Å². The molecule has 1 aliphatic heterocycles. The van der Waals surface area contributed by atoms with Crippen molar-refractivity contribution in [3.05, 3.63) is 29.6 Å². The van der Waals surface area contributed by atoms with Gasteiger partial charge in [0, 0.05) is 24.3 Å². The SMILES string of the molecule is CS(=O)(=O)C1CSCCN1c1ccc(F)cc1C#N. The summed E-state index contributed by atoms with van der Waals surface area (Å²) in [6.45, 7) is 0.530. The van der Waals surface area contributed by atoms with Crippen molar-refractivity contribution < 1.29 is 12.8 Å². The molecule has 1 aromatic carbocycles. The summed E-state index contributed by atoms with van der Waals surface area (Å²) in [7, 11) is -3.26. The summed E-state index contributed by atoms with van der Waals surface area (Å²) in [6, 6.07) is 5.78. The van der Waals surface area contributed by atoms with Gasteiger partial charge in [0.1, 0.15) is 17.3 Å². The molecule has 19 heavy (non-hydrogen) atoms. The number of hydrogen-bond acceptors (Lipinski definition) is 5. The molecular formula is C12H13FN2O2S2. The van der Waals surface area contributed by atoms with Gasteiger partial charge in [0.25, 0.3) is 0 Å². The molecule has 0 bridgehead atoms. The van der Waals surface area contributed by atoms with Gasteiger partial charge in [0.2, 0.25) is 0 Å². The second kappa shape index (κ2) is 5.39. The van der Waals surface area contributed by atoms with Crippen LogP contribution in [0.2, 0.25) is 0 Å². The Balaban J connectivity index is 2.47. The fourth-order valence-corrected chi connectivity index (χ4v) is 4.89. The monoisotopic (exact) mass is 300 g/mol. The van der Waals surface area contributed by atoms with Gasteiger partial charge in [-0.05, 0) is 18.2 Å². The molecule has 1 aromatic rings. The third-order valence-corrected chi connectivity index (χ3v) is 5.61. The van der Waals surface area contributed by atoms with E-state index < -0.39 is 21.0 Å². The number of nitriles is 1. The first-order valence-electron chi connectivity index (χ1n) is 5.66. The van der Waals surface area contributed by atoms with E-state index in [1.807, 2.05) is 6.07 Å². The number of rotatable bonds is 2. The normalized spacial score (nSPS) is 20.1. The number of anilines is 1. The first-order chi connectivity index (χ1) is 8.93. The van der Waals surface area contributed by atoms with Crippen molar-refractivity contribution in [1.82, 2.24) is 0 Å². The van der Waals surface area contributed by atoms with Crippen LogP contribution >= 0.6 is 11.8 Å². The molecule has 0 amide bonds. The van der Waals surface area contributed by atoms with Gasteiger partial charge in [-0.1, -0.05) is 0 Å². The van der Waals surface area contributed by atoms with E-state index in [2.05, 4.69) is 0 Å². The second-order valence-corrected chi connectivity index (χ2v) is 7.68. The molecule has 0 N–H and O–H groups in total. The third kappa shape index (κ3) is 3.01. The minimum atomic E-state index is -3.26. The third-order valence-electron chi connectivity index (χ3n) is 2.97. The van der Waals surface area contributed by atoms with Crippen LogP contribution in [-0.2, 0) is 9.84 Å². The highest BCUT2D eigenvalue weighted by atomic mass is 32.2. The summed E-state index contributed by atoms with van der Waals surface area (Å²) in [5, 5.41) is 8.40. The maximum Gasteiger partial charge on any atom is 0.169 e. The quantitative estimate of drug-likeness (QED) is 0.830. The largest absolute Gasteiger partial charge is 0.352 e. The molecule has 102 valence electrons. The van der Waals surface area contributed by atoms with Crippen LogP contribution in [0.1, 0.15) is 5.56 Å². The van der Waals surface area contributed by atoms with Crippen LogP contribution < -0.4 is 4.90 Å². The summed E-state index contributed by atoms with van der Waals surface area (Å²) in [5.74, 6) is 0.748. The zero-order valence-corrected chi connectivity index (χ0v) is 12.0. The van der Waals surface area contributed by atoms with E-state index >= 15 is 0 Å². The number of benzene rings is 1. The van der Waals surface area contributed by atoms with Gasteiger partial charge in [-0.25, -0.2) is 12.8 Å². The fourth-order valence-electron chi connectivity index (χ4n) is 2.06. The van der Waals surface area contributed by atoms with E-state index in [4.69, 9.17) is 5.26 Å². The first kappa shape index (κ1) is 14.2. The van der Waals surface area contributed by atoms with Crippen LogP contribution in [0.5, 0.6) is 0 Å². The maximum atomic E-state index is 13.1. The molecule has 1 atom stereocenters. The highest BCUT2D eigenvalue weighted by Gasteiger charge is 2.32. The number of halogens is 1. The lowest BCUT2D eigenvalue weighted by Crippen LogP contribution is -2.47. The van der Waals surface area contributed by atoms with Crippen molar-refractivity contribution in [2.75, 3.05) is 29.2 Å². The standard InChI is InChI=1S/C12H13FN2O2S2/c1-19(16,17)12-8-18-5-4-15(12)11-3-2-10(13)6-9(11)7-14/h2-3,6,12H,4-5,8H2,1H3. The average molecular weight is 300 g/mol. The lowest BCUT2D eigenvalue weighted by atomic mass is 10.1. The van der Waals surface area contributed by atoms with Gasteiger partial charge >= 0.3 is 0 Å². The van der Waals surface area contributed by atoms with Crippen molar-refractivity contribution in [3.63, 3.8) is 0 Å². The van der Waals surface area contributed by atoms with Gasteiger partial charge in [0.15, 0.2) is 9.84 Å². The summed E-state index contributed by atoms with van der Waals surface area (Å²) in [6.07, 6.45) is 1.19. The lowest BCUT2D eigenvalue weighted by Gasteiger charge is -2.36. The van der Waals surface area contributed by atoms with Gasteiger partial charge in [-0.15, -0.1) is 0 Å². The van der Waals surface area contributed by atoms with Crippen molar-refractivity contribution in [2.24, 2.45) is 0 Å². The minimum Gasteiger partial charge on any atom is -0.352 e. The van der Waals surface area contributed by atoms with E-state index in [1.165, 1.54) is 18.4 Å². The van der Waals surface area contributed by atoms with Gasteiger partial charge in [0.05, 0.1) is 11.3 Å². The van der Waals surface area contributed by atoms with Crippen molar-refractivity contribution >= 4 is 27.3 Å². The van der Waals surface area contributed by atoms with Crippen molar-refractivity contribution in [1.29, 1.82) is 5.26 Å². The Labute approximate surface area is 116 Å². The highest BCUT2D eigenvalue weighted by molar-refractivity contribution is 8.01. The zero-order valence-electron chi connectivity index (χ0n) is 10.3. The van der Waals surface area contributed by atoms with Gasteiger partial charge in [-0.3, -0.25) is 0 Å². The van der Waals surface area contributed by atoms with E-state index in [0.717, 1.165) is 11.8 Å². The minimum absolute atomic E-state index is 0.167. The zero-order chi connectivity index (χ0) is 14.0. The molecule has 1 unspecified atom stereocenters. The Morgan fingerprint density at radius 1 is 1.53 bits per heavy atom. The van der Waals surface area contributed by atoms with E-state index in [-0.39, 0.29) is 5.56 Å². The molecule has 0 aliphatic carbocycles. The Bertz CT molecular complexity index is 625. The molecule has 7 heteroatoms. The second-order valence-electron chi connectivity index (χ2n) is 4.33. The molecule has 0 spiro atoms. The molecule has 0 radical (unpaired) electrons. The van der Waals surface area contributed by atoms with E-state index in [9.17, 15) is 12.8 Å². The van der Waals surface area contributed by atoms with Gasteiger partial charge in [-0.2, -0.15) is 17.0 Å². The summed E-state index contributed by atoms with van der Waals surface area (Å²) >= 11 is 1.57. The van der Waals surface area contributed by atoms with E-state index in [0.29, 0.717) is 18.0 Å². The topological polar surface area (TPSA) is 61.2 Å². The van der Waals surface area contributed by atoms with Crippen molar-refractivity contribution in [2.45, 2.75) is 5.37 Å². The van der Waals surface area contributed by atoms with Crippen LogP contribution in [0.15, 0.2) is 18.2 Å². The molecule has 4 nitrogen and oxygen atoms in total. The molecular weight excluding hydrogens is 287 g/mol. The maximum absolute atomic E-state index is 13.1. The molecule has 1 saturated heterocycles. The van der Waals surface area contributed by atoms with Crippen LogP contribution in [0.3, 0.4) is 0 Å². The summed E-state index contributed by atoms with van der Waals surface area (Å²) in [4.78, 5) is 1.68. The molecule has 0 saturated carbocycles. The van der Waals surface area contributed by atoms with Crippen LogP contribution in [0.4, 0.5) is 10.1 Å². The molecule has 1 heterocycles. The Kier molecular flexibility index (Phi) is 4.02. The average Bonchev–Trinajstić information content (AvgIpc) is 2.37. The highest BCUT2D eigenvalue weighted by Crippen LogP contribution is 2.29. The van der Waals surface area contributed by atoms with Crippen LogP contribution in [0.25, 0.3) is 0 Å². The van der Waals surface area contributed by atoms with Gasteiger partial charge < -0.3 is 4.90 Å². The number of sulfone groups is 1. The summed E-state index contributed by atoms with van der Waals surface area (Å²) in [5.41, 5.74) is 0.653. The smallest absolute Gasteiger partial charge is 0.169 e. The number of hydrogen-bond donors (Lipinski definition) is 0. The predicted molar refractivity (Wildman–Crippen MR) is 74.4 cm³/mol. The van der Waals surface area contributed by atoms with Crippen LogP contribution in [-0.4, -0.2) is 38.1 Å². The Morgan fingerprint density at radius 3 is 2.89 bits per heavy atom. The van der Waals surface area contributed by atoms with Crippen molar-refractivity contribution in [3.8, 4) is 6.07 Å². The molecule has 1 aliphatic rings. The molecule has 0 aromatic heterocycles. The Morgan fingerprint density at radius 2 is 2.26 bits per heavy atom. The lowest BCUT2D eigenvalue weighted by molar-refractivity contribution is 0.584. The Hall–Kier alpha value is -1.26. The summed E-state index contributed by atoms with van der Waals surface area (Å²) < 4.78 is 36.8. The fraction of sp³-hybridized carbons (Fsp3) is 0.417. The van der Waals surface area contributed by atoms with Crippen LogP contribution in [0, 0.1) is 17.1 Å². The predicted octanol–water partition coefficient (Wildman–Crippen LogP) is 1.62. The first-order valence-corrected chi connectivity index (χ1v) is 8.77. The number of thioether (sulfide) groups is 1. The number of nitrogens with zero attached hydrogens (tertiary/aromatic N) is 2.